The first-order valence-corrected chi connectivity index (χ1v) is 9.35. The molecule has 3 aliphatic rings. The van der Waals surface area contributed by atoms with E-state index in [-0.39, 0.29) is 41.6 Å². The van der Waals surface area contributed by atoms with Crippen LogP contribution in [0.5, 0.6) is 0 Å². The molecule has 2 bridgehead atoms. The molecule has 0 unspecified atom stereocenters. The predicted molar refractivity (Wildman–Crippen MR) is 101 cm³/mol. The van der Waals surface area contributed by atoms with Crippen LogP contribution in [0.25, 0.3) is 0 Å². The van der Waals surface area contributed by atoms with Crippen LogP contribution in [0.4, 0.5) is 5.69 Å². The van der Waals surface area contributed by atoms with Crippen molar-refractivity contribution >= 4 is 23.5 Å². The minimum Gasteiger partial charge on any atom is -0.459 e. The van der Waals surface area contributed by atoms with Crippen LogP contribution in [0.1, 0.15) is 38.1 Å². The van der Waals surface area contributed by atoms with E-state index in [2.05, 4.69) is 12.2 Å². The van der Waals surface area contributed by atoms with Gasteiger partial charge in [-0.3, -0.25) is 9.59 Å². The molecule has 0 aromatic heterocycles. The quantitative estimate of drug-likeness (QED) is 0.467. The van der Waals surface area contributed by atoms with E-state index in [1.165, 1.54) is 16.0 Å². The normalized spacial score (nSPS) is 28.3. The van der Waals surface area contributed by atoms with Crippen molar-refractivity contribution in [3.8, 4) is 0 Å². The third kappa shape index (κ3) is 2.56. The monoisotopic (exact) mass is 365 g/mol. The van der Waals surface area contributed by atoms with Gasteiger partial charge in [0.15, 0.2) is 0 Å². The first-order valence-electron chi connectivity index (χ1n) is 9.35. The summed E-state index contributed by atoms with van der Waals surface area (Å²) < 4.78 is 5.18. The van der Waals surface area contributed by atoms with Crippen molar-refractivity contribution in [3.05, 3.63) is 53.1 Å². The van der Waals surface area contributed by atoms with Gasteiger partial charge in [-0.2, -0.15) is 0 Å². The first-order chi connectivity index (χ1) is 12.8. The average molecular weight is 365 g/mol. The molecule has 0 N–H and O–H groups in total. The molecule has 140 valence electrons. The summed E-state index contributed by atoms with van der Waals surface area (Å²) in [5.74, 6) is -1.23. The molecule has 1 aromatic carbocycles. The largest absolute Gasteiger partial charge is 0.459 e. The lowest BCUT2D eigenvalue weighted by Crippen LogP contribution is -2.33. The molecule has 5 nitrogen and oxygen atoms in total. The van der Waals surface area contributed by atoms with E-state index in [9.17, 15) is 14.4 Å². The number of carbonyl (C=O) groups excluding carboxylic acids is 3. The van der Waals surface area contributed by atoms with Gasteiger partial charge in [0.1, 0.15) is 0 Å². The van der Waals surface area contributed by atoms with Crippen molar-refractivity contribution in [3.63, 3.8) is 0 Å². The molecule has 1 aliphatic heterocycles. The lowest BCUT2D eigenvalue weighted by molar-refractivity contribution is -0.122. The molecule has 1 saturated carbocycles. The topological polar surface area (TPSA) is 63.7 Å². The van der Waals surface area contributed by atoms with E-state index in [1.54, 1.807) is 38.1 Å². The van der Waals surface area contributed by atoms with E-state index in [4.69, 9.17) is 4.74 Å². The number of allylic oxidation sites excluding steroid dienone is 4. The highest BCUT2D eigenvalue weighted by molar-refractivity contribution is 6.23. The van der Waals surface area contributed by atoms with Crippen LogP contribution < -0.4 is 4.90 Å². The molecule has 0 radical (unpaired) electrons. The van der Waals surface area contributed by atoms with Crippen LogP contribution in [0, 0.1) is 23.7 Å². The van der Waals surface area contributed by atoms with E-state index >= 15 is 0 Å². The van der Waals surface area contributed by atoms with E-state index in [1.807, 2.05) is 13.8 Å². The van der Waals surface area contributed by atoms with Gasteiger partial charge in [-0.05, 0) is 52.0 Å². The summed E-state index contributed by atoms with van der Waals surface area (Å²) in [5, 5.41) is 0. The molecule has 2 fully saturated rings. The predicted octanol–water partition coefficient (Wildman–Crippen LogP) is 3.51. The maximum absolute atomic E-state index is 13.1. The van der Waals surface area contributed by atoms with Gasteiger partial charge in [-0.1, -0.05) is 23.3 Å². The van der Waals surface area contributed by atoms with Gasteiger partial charge in [0.05, 0.1) is 29.2 Å². The fourth-order valence-corrected chi connectivity index (χ4v) is 4.71. The van der Waals surface area contributed by atoms with Crippen LogP contribution in [0.2, 0.25) is 0 Å². The number of hydrogen-bond donors (Lipinski definition) is 0. The Hall–Kier alpha value is -2.69. The van der Waals surface area contributed by atoms with Crippen molar-refractivity contribution in [2.45, 2.75) is 33.8 Å². The number of carbonyl (C=O) groups is 3. The third-order valence-corrected chi connectivity index (χ3v) is 5.70. The number of amides is 2. The lowest BCUT2D eigenvalue weighted by Gasteiger charge is -2.19. The number of hydrogen-bond acceptors (Lipinski definition) is 4. The number of esters is 1. The second-order valence-corrected chi connectivity index (χ2v) is 7.96. The molecule has 5 heteroatoms. The SMILES string of the molecule is CC(C)=C1[C@H]2C=C[C@H]1[C@H]1C(=O)N(c3ccc(C(=O)OC(C)C)cc3)C(=O)[C@@H]12. The van der Waals surface area contributed by atoms with E-state index in [0.717, 1.165) is 0 Å². The number of ether oxygens (including phenoxy) is 1. The zero-order valence-electron chi connectivity index (χ0n) is 15.9. The molecule has 2 aliphatic carbocycles. The number of benzene rings is 1. The summed E-state index contributed by atoms with van der Waals surface area (Å²) in [6.45, 7) is 7.67. The van der Waals surface area contributed by atoms with Crippen molar-refractivity contribution in [1.82, 2.24) is 0 Å². The Kier molecular flexibility index (Phi) is 4.06. The summed E-state index contributed by atoms with van der Waals surface area (Å²) in [5.41, 5.74) is 3.35. The lowest BCUT2D eigenvalue weighted by atomic mass is 9.85. The fourth-order valence-electron chi connectivity index (χ4n) is 4.71. The van der Waals surface area contributed by atoms with E-state index < -0.39 is 5.97 Å². The summed E-state index contributed by atoms with van der Waals surface area (Å²) >= 11 is 0. The molecule has 1 aromatic rings. The van der Waals surface area contributed by atoms with Crippen molar-refractivity contribution < 1.29 is 19.1 Å². The summed E-state index contributed by atoms with van der Waals surface area (Å²) in [7, 11) is 0. The molecular formula is C22H23NO4. The maximum Gasteiger partial charge on any atom is 0.338 e. The smallest absolute Gasteiger partial charge is 0.338 e. The van der Waals surface area contributed by atoms with Crippen LogP contribution in [0.15, 0.2) is 47.6 Å². The van der Waals surface area contributed by atoms with Gasteiger partial charge >= 0.3 is 5.97 Å². The Labute approximate surface area is 158 Å². The average Bonchev–Trinajstić information content (AvgIpc) is 3.24. The molecular weight excluding hydrogens is 342 g/mol. The Balaban J connectivity index is 1.61. The fraction of sp³-hybridized carbons (Fsp3) is 0.409. The third-order valence-electron chi connectivity index (χ3n) is 5.70. The van der Waals surface area contributed by atoms with Gasteiger partial charge in [-0.25, -0.2) is 9.69 Å². The molecule has 27 heavy (non-hydrogen) atoms. The maximum atomic E-state index is 13.1. The van der Waals surface area contributed by atoms with Crippen molar-refractivity contribution in [2.75, 3.05) is 4.90 Å². The van der Waals surface area contributed by atoms with Gasteiger partial charge < -0.3 is 4.74 Å². The molecule has 4 atom stereocenters. The zero-order chi connectivity index (χ0) is 19.5. The van der Waals surface area contributed by atoms with Crippen LogP contribution in [0.3, 0.4) is 0 Å². The van der Waals surface area contributed by atoms with Gasteiger partial charge in [0.25, 0.3) is 0 Å². The van der Waals surface area contributed by atoms with Crippen LogP contribution >= 0.6 is 0 Å². The highest BCUT2D eigenvalue weighted by Crippen LogP contribution is 2.57. The van der Waals surface area contributed by atoms with Crippen molar-refractivity contribution in [2.24, 2.45) is 23.7 Å². The first kappa shape index (κ1) is 17.7. The number of anilines is 1. The van der Waals surface area contributed by atoms with Gasteiger partial charge in [-0.15, -0.1) is 0 Å². The van der Waals surface area contributed by atoms with Crippen LogP contribution in [-0.4, -0.2) is 23.9 Å². The van der Waals surface area contributed by atoms with Crippen molar-refractivity contribution in [1.29, 1.82) is 0 Å². The van der Waals surface area contributed by atoms with Gasteiger partial charge in [0.2, 0.25) is 11.8 Å². The molecule has 2 amide bonds. The Morgan fingerprint density at radius 3 is 1.93 bits per heavy atom. The second-order valence-electron chi connectivity index (χ2n) is 7.96. The number of fused-ring (bicyclic) bond motifs is 5. The number of rotatable bonds is 3. The highest BCUT2D eigenvalue weighted by atomic mass is 16.5. The Morgan fingerprint density at radius 1 is 0.963 bits per heavy atom. The second kappa shape index (κ2) is 6.19. The Morgan fingerprint density at radius 2 is 1.48 bits per heavy atom. The summed E-state index contributed by atoms with van der Waals surface area (Å²) in [6, 6.07) is 6.49. The summed E-state index contributed by atoms with van der Waals surface area (Å²) in [6.07, 6.45) is 3.95. The highest BCUT2D eigenvalue weighted by Gasteiger charge is 2.61. The Bertz CT molecular complexity index is 855. The number of imide groups is 1. The summed E-state index contributed by atoms with van der Waals surface area (Å²) in [4.78, 5) is 39.4. The number of nitrogens with zero attached hydrogens (tertiary/aromatic N) is 1. The minimum absolute atomic E-state index is 0.0340. The standard InChI is InChI=1S/C22H23NO4/c1-11(2)17-15-9-10-16(17)19-18(15)20(24)23(21(19)25)14-7-5-13(6-8-14)22(26)27-12(3)4/h5-10,12,15-16,18-19H,1-4H3/t15-,16-,18-,19-/m1/s1. The van der Waals surface area contributed by atoms with Gasteiger partial charge in [0, 0.05) is 11.8 Å². The molecule has 4 rings (SSSR count). The molecule has 1 saturated heterocycles. The molecule has 0 spiro atoms. The molecule has 1 heterocycles. The van der Waals surface area contributed by atoms with E-state index in [0.29, 0.717) is 11.3 Å². The van der Waals surface area contributed by atoms with Crippen LogP contribution in [-0.2, 0) is 14.3 Å². The zero-order valence-corrected chi connectivity index (χ0v) is 15.9. The minimum atomic E-state index is -0.414.